The van der Waals surface area contributed by atoms with Crippen molar-refractivity contribution in [3.63, 3.8) is 0 Å². The number of rotatable bonds is 4. The van der Waals surface area contributed by atoms with Crippen molar-refractivity contribution in [1.29, 1.82) is 0 Å². The molecule has 94 valence electrons. The summed E-state index contributed by atoms with van der Waals surface area (Å²) in [5.41, 5.74) is 0.718. The van der Waals surface area contributed by atoms with E-state index in [4.69, 9.17) is 5.11 Å². The molecule has 1 amide bonds. The molecule has 0 aromatic heterocycles. The summed E-state index contributed by atoms with van der Waals surface area (Å²) in [5, 5.41) is 11.3. The molecule has 2 N–H and O–H groups in total. The molecule has 0 aliphatic heterocycles. The molecule has 0 unspecified atom stereocenters. The van der Waals surface area contributed by atoms with Crippen LogP contribution >= 0.6 is 0 Å². The van der Waals surface area contributed by atoms with Gasteiger partial charge in [-0.3, -0.25) is 4.79 Å². The summed E-state index contributed by atoms with van der Waals surface area (Å²) < 4.78 is 0. The van der Waals surface area contributed by atoms with Crippen molar-refractivity contribution in [1.82, 2.24) is 5.32 Å². The SMILES string of the molecule is CCC[C@H](NC(=O)C#Cc1ccccc1)C(=O)O. The number of benzene rings is 1. The van der Waals surface area contributed by atoms with Crippen molar-refractivity contribution >= 4 is 11.9 Å². The van der Waals surface area contributed by atoms with E-state index >= 15 is 0 Å². The van der Waals surface area contributed by atoms with Crippen LogP contribution in [-0.2, 0) is 9.59 Å². The van der Waals surface area contributed by atoms with E-state index in [-0.39, 0.29) is 0 Å². The van der Waals surface area contributed by atoms with Gasteiger partial charge in [0.1, 0.15) is 6.04 Å². The highest BCUT2D eigenvalue weighted by atomic mass is 16.4. The molecule has 1 aromatic rings. The topological polar surface area (TPSA) is 66.4 Å². The summed E-state index contributed by atoms with van der Waals surface area (Å²) >= 11 is 0. The van der Waals surface area contributed by atoms with Gasteiger partial charge in [0.05, 0.1) is 0 Å². The Morgan fingerprint density at radius 2 is 2.00 bits per heavy atom. The number of carboxylic acid groups (broad SMARTS) is 1. The normalized spacial score (nSPS) is 10.9. The number of nitrogens with one attached hydrogen (secondary N) is 1. The lowest BCUT2D eigenvalue weighted by Crippen LogP contribution is -2.40. The van der Waals surface area contributed by atoms with Crippen molar-refractivity contribution in [3.05, 3.63) is 35.9 Å². The Bertz CT molecular complexity index is 471. The Morgan fingerprint density at radius 1 is 1.33 bits per heavy atom. The molecular weight excluding hydrogens is 230 g/mol. The van der Waals surface area contributed by atoms with Gasteiger partial charge in [0.15, 0.2) is 0 Å². The summed E-state index contributed by atoms with van der Waals surface area (Å²) in [6.45, 7) is 1.86. The van der Waals surface area contributed by atoms with Crippen molar-refractivity contribution in [2.24, 2.45) is 0 Å². The van der Waals surface area contributed by atoms with Crippen LogP contribution in [0.2, 0.25) is 0 Å². The molecule has 4 nitrogen and oxygen atoms in total. The standard InChI is InChI=1S/C14H15NO3/c1-2-6-12(14(17)18)15-13(16)10-9-11-7-4-3-5-8-11/h3-5,7-8,12H,2,6H2,1H3,(H,15,16)(H,17,18)/t12-/m0/s1. The predicted molar refractivity (Wildman–Crippen MR) is 67.8 cm³/mol. The zero-order valence-electron chi connectivity index (χ0n) is 10.1. The average molecular weight is 245 g/mol. The third-order valence-electron chi connectivity index (χ3n) is 2.27. The van der Waals surface area contributed by atoms with Gasteiger partial charge >= 0.3 is 5.97 Å². The summed E-state index contributed by atoms with van der Waals surface area (Å²) in [6.07, 6.45) is 1.08. The molecule has 0 fully saturated rings. The minimum atomic E-state index is -1.04. The lowest BCUT2D eigenvalue weighted by atomic mass is 10.1. The van der Waals surface area contributed by atoms with E-state index in [1.165, 1.54) is 0 Å². The number of aliphatic carboxylic acids is 1. The highest BCUT2D eigenvalue weighted by Gasteiger charge is 2.17. The summed E-state index contributed by atoms with van der Waals surface area (Å²) in [4.78, 5) is 22.3. The second kappa shape index (κ2) is 7.13. The number of carbonyl (C=O) groups excluding carboxylic acids is 1. The fourth-order valence-electron chi connectivity index (χ4n) is 1.39. The molecule has 0 aliphatic carbocycles. The quantitative estimate of drug-likeness (QED) is 0.788. The van der Waals surface area contributed by atoms with Gasteiger partial charge < -0.3 is 10.4 Å². The lowest BCUT2D eigenvalue weighted by molar-refractivity contribution is -0.141. The number of hydrogen-bond acceptors (Lipinski definition) is 2. The lowest BCUT2D eigenvalue weighted by Gasteiger charge is -2.10. The predicted octanol–water partition coefficient (Wildman–Crippen LogP) is 1.41. The van der Waals surface area contributed by atoms with Gasteiger partial charge in [0, 0.05) is 11.5 Å². The Morgan fingerprint density at radius 3 is 2.56 bits per heavy atom. The fraction of sp³-hybridized carbons (Fsp3) is 0.286. The summed E-state index contributed by atoms with van der Waals surface area (Å²) in [5.74, 6) is 3.45. The molecule has 18 heavy (non-hydrogen) atoms. The van der Waals surface area contributed by atoms with Crippen LogP contribution in [0.15, 0.2) is 30.3 Å². The highest BCUT2D eigenvalue weighted by Crippen LogP contribution is 1.97. The second-order valence-electron chi connectivity index (χ2n) is 3.77. The van der Waals surface area contributed by atoms with Crippen LogP contribution in [0.25, 0.3) is 0 Å². The van der Waals surface area contributed by atoms with E-state index in [0.29, 0.717) is 12.8 Å². The van der Waals surface area contributed by atoms with Gasteiger partial charge in [-0.25, -0.2) is 4.79 Å². The maximum atomic E-state index is 11.5. The van der Waals surface area contributed by atoms with E-state index in [9.17, 15) is 9.59 Å². The van der Waals surface area contributed by atoms with Gasteiger partial charge in [-0.15, -0.1) is 0 Å². The molecule has 0 spiro atoms. The summed E-state index contributed by atoms with van der Waals surface area (Å²) in [7, 11) is 0. The first-order chi connectivity index (χ1) is 8.63. The number of carbonyl (C=O) groups is 2. The summed E-state index contributed by atoms with van der Waals surface area (Å²) in [6, 6.07) is 8.18. The molecule has 1 rings (SSSR count). The van der Waals surface area contributed by atoms with Crippen molar-refractivity contribution < 1.29 is 14.7 Å². The Hall–Kier alpha value is -2.28. The second-order valence-corrected chi connectivity index (χ2v) is 3.77. The van der Waals surface area contributed by atoms with Gasteiger partial charge in [-0.05, 0) is 18.6 Å². The maximum absolute atomic E-state index is 11.5. The number of amides is 1. The van der Waals surface area contributed by atoms with E-state index in [2.05, 4.69) is 17.2 Å². The number of carboxylic acids is 1. The fourth-order valence-corrected chi connectivity index (χ4v) is 1.39. The molecule has 0 saturated heterocycles. The third kappa shape index (κ3) is 4.71. The smallest absolute Gasteiger partial charge is 0.326 e. The van der Waals surface area contributed by atoms with E-state index in [1.54, 1.807) is 12.1 Å². The molecule has 0 saturated carbocycles. The molecule has 1 aromatic carbocycles. The zero-order chi connectivity index (χ0) is 13.4. The van der Waals surface area contributed by atoms with Crippen LogP contribution < -0.4 is 5.32 Å². The number of hydrogen-bond donors (Lipinski definition) is 2. The first-order valence-electron chi connectivity index (χ1n) is 5.74. The van der Waals surface area contributed by atoms with Crippen LogP contribution in [0.4, 0.5) is 0 Å². The Labute approximate surface area is 106 Å². The molecule has 0 bridgehead atoms. The largest absolute Gasteiger partial charge is 0.480 e. The maximum Gasteiger partial charge on any atom is 0.326 e. The zero-order valence-corrected chi connectivity index (χ0v) is 10.1. The van der Waals surface area contributed by atoms with E-state index < -0.39 is 17.9 Å². The minimum absolute atomic E-state index is 0.397. The van der Waals surface area contributed by atoms with Crippen LogP contribution in [0, 0.1) is 11.8 Å². The van der Waals surface area contributed by atoms with Crippen molar-refractivity contribution in [3.8, 4) is 11.8 Å². The molecular formula is C14H15NO3. The van der Waals surface area contributed by atoms with Gasteiger partial charge in [0.25, 0.3) is 5.91 Å². The first-order valence-corrected chi connectivity index (χ1v) is 5.74. The van der Waals surface area contributed by atoms with Crippen LogP contribution in [0.5, 0.6) is 0 Å². The van der Waals surface area contributed by atoms with Gasteiger partial charge in [-0.1, -0.05) is 37.5 Å². The molecule has 0 radical (unpaired) electrons. The first kappa shape index (κ1) is 13.8. The van der Waals surface area contributed by atoms with Gasteiger partial charge in [-0.2, -0.15) is 0 Å². The molecule has 0 aliphatic rings. The monoisotopic (exact) mass is 245 g/mol. The van der Waals surface area contributed by atoms with Crippen LogP contribution in [0.1, 0.15) is 25.3 Å². The third-order valence-corrected chi connectivity index (χ3v) is 2.27. The highest BCUT2D eigenvalue weighted by molar-refractivity contribution is 5.96. The minimum Gasteiger partial charge on any atom is -0.480 e. The van der Waals surface area contributed by atoms with Crippen molar-refractivity contribution in [2.75, 3.05) is 0 Å². The molecule has 1 atom stereocenters. The van der Waals surface area contributed by atoms with Crippen LogP contribution in [0.3, 0.4) is 0 Å². The molecule has 4 heteroatoms. The van der Waals surface area contributed by atoms with E-state index in [0.717, 1.165) is 5.56 Å². The van der Waals surface area contributed by atoms with Crippen molar-refractivity contribution in [2.45, 2.75) is 25.8 Å². The Balaban J connectivity index is 2.61. The van der Waals surface area contributed by atoms with Crippen LogP contribution in [-0.4, -0.2) is 23.0 Å². The molecule has 0 heterocycles. The van der Waals surface area contributed by atoms with Gasteiger partial charge in [0.2, 0.25) is 0 Å². The average Bonchev–Trinajstić information content (AvgIpc) is 2.37. The Kier molecular flexibility index (Phi) is 5.46. The van der Waals surface area contributed by atoms with E-state index in [1.807, 2.05) is 25.1 Å².